The molecule has 1 aliphatic heterocycles. The molecule has 2 nitrogen and oxygen atoms in total. The highest BCUT2D eigenvalue weighted by Gasteiger charge is 2.20. The van der Waals surface area contributed by atoms with Crippen LogP contribution in [0.4, 0.5) is 0 Å². The van der Waals surface area contributed by atoms with Crippen LogP contribution in [-0.4, -0.2) is 30.8 Å². The second kappa shape index (κ2) is 6.18. The predicted octanol–water partition coefficient (Wildman–Crippen LogP) is 2.33. The Bertz CT molecular complexity index is 170. The number of carbonyl (C=O) groups excluding carboxylic acids is 1. The molecule has 0 bridgehead atoms. The van der Waals surface area contributed by atoms with Crippen LogP contribution in [-0.2, 0) is 4.79 Å². The van der Waals surface area contributed by atoms with Gasteiger partial charge >= 0.3 is 0 Å². The molecular weight excluding hydrogens is 174 g/mol. The molecule has 1 saturated heterocycles. The van der Waals surface area contributed by atoms with Crippen LogP contribution in [0.5, 0.6) is 0 Å². The van der Waals surface area contributed by atoms with Gasteiger partial charge in [0.05, 0.1) is 0 Å². The zero-order chi connectivity index (χ0) is 10.4. The van der Waals surface area contributed by atoms with Gasteiger partial charge in [0.15, 0.2) is 0 Å². The summed E-state index contributed by atoms with van der Waals surface area (Å²) in [7, 11) is 0. The van der Waals surface area contributed by atoms with E-state index in [-0.39, 0.29) is 0 Å². The van der Waals surface area contributed by atoms with Crippen LogP contribution in [0.15, 0.2) is 0 Å². The molecule has 0 aromatic rings. The lowest BCUT2D eigenvalue weighted by Gasteiger charge is -2.32. The van der Waals surface area contributed by atoms with E-state index in [0.717, 1.165) is 25.2 Å². The summed E-state index contributed by atoms with van der Waals surface area (Å²) in [5.41, 5.74) is 0. The fraction of sp³-hybridized carbons (Fsp3) is 0.917. The molecule has 82 valence electrons. The molecule has 1 rings (SSSR count). The molecule has 0 spiro atoms. The lowest BCUT2D eigenvalue weighted by Crippen LogP contribution is -2.38. The number of hydrogen-bond donors (Lipinski definition) is 0. The topological polar surface area (TPSA) is 20.3 Å². The normalized spacial score (nSPS) is 26.0. The number of piperidine rings is 1. The zero-order valence-corrected chi connectivity index (χ0v) is 9.54. The molecule has 0 aromatic heterocycles. The lowest BCUT2D eigenvalue weighted by molar-refractivity contribution is -0.112. The summed E-state index contributed by atoms with van der Waals surface area (Å²) >= 11 is 0. The average Bonchev–Trinajstić information content (AvgIpc) is 2.18. The molecule has 14 heavy (non-hydrogen) atoms. The number of rotatable bonds is 5. The van der Waals surface area contributed by atoms with Crippen LogP contribution >= 0.6 is 0 Å². The summed E-state index contributed by atoms with van der Waals surface area (Å²) in [5, 5.41) is 0. The molecule has 0 aliphatic carbocycles. The van der Waals surface area contributed by atoms with Gasteiger partial charge in [-0.2, -0.15) is 0 Å². The number of carbonyl (C=O) groups is 1. The average molecular weight is 197 g/mol. The third kappa shape index (κ3) is 3.79. The summed E-state index contributed by atoms with van der Waals surface area (Å²) in [6, 6.07) is 0. The van der Waals surface area contributed by atoms with Crippen molar-refractivity contribution in [3.63, 3.8) is 0 Å². The SMILES string of the molecule is CCCC(C)CN1CCCC(C=O)C1. The fourth-order valence-electron chi connectivity index (χ4n) is 2.39. The molecule has 0 radical (unpaired) electrons. The maximum Gasteiger partial charge on any atom is 0.124 e. The minimum Gasteiger partial charge on any atom is -0.303 e. The van der Waals surface area contributed by atoms with E-state index < -0.39 is 0 Å². The third-order valence-electron chi connectivity index (χ3n) is 3.09. The highest BCUT2D eigenvalue weighted by atomic mass is 16.1. The number of nitrogens with zero attached hydrogens (tertiary/aromatic N) is 1. The van der Waals surface area contributed by atoms with Gasteiger partial charge in [0.25, 0.3) is 0 Å². The molecule has 2 atom stereocenters. The van der Waals surface area contributed by atoms with E-state index in [2.05, 4.69) is 18.7 Å². The molecule has 1 aliphatic rings. The molecular formula is C12H23NO. The van der Waals surface area contributed by atoms with Crippen LogP contribution in [0.1, 0.15) is 39.5 Å². The van der Waals surface area contributed by atoms with E-state index in [0.29, 0.717) is 5.92 Å². The fourth-order valence-corrected chi connectivity index (χ4v) is 2.39. The molecule has 2 heteroatoms. The Hall–Kier alpha value is -0.370. The number of likely N-dealkylation sites (tertiary alicyclic amines) is 1. The van der Waals surface area contributed by atoms with Gasteiger partial charge in [0.2, 0.25) is 0 Å². The maximum atomic E-state index is 10.7. The first-order valence-electron chi connectivity index (χ1n) is 5.94. The predicted molar refractivity (Wildman–Crippen MR) is 59.3 cm³/mol. The van der Waals surface area contributed by atoms with Crippen molar-refractivity contribution in [3.8, 4) is 0 Å². The standard InChI is InChI=1S/C12H23NO/c1-3-5-11(2)8-13-7-4-6-12(9-13)10-14/h10-12H,3-9H2,1-2H3. The van der Waals surface area contributed by atoms with Crippen LogP contribution in [0.2, 0.25) is 0 Å². The minimum absolute atomic E-state index is 0.303. The second-order valence-electron chi connectivity index (χ2n) is 4.69. The van der Waals surface area contributed by atoms with Crippen molar-refractivity contribution in [1.29, 1.82) is 0 Å². The highest BCUT2D eigenvalue weighted by molar-refractivity contribution is 5.53. The Morgan fingerprint density at radius 1 is 1.57 bits per heavy atom. The first-order valence-corrected chi connectivity index (χ1v) is 5.94. The maximum absolute atomic E-state index is 10.7. The molecule has 0 amide bonds. The summed E-state index contributed by atoms with van der Waals surface area (Å²) in [5.74, 6) is 1.09. The Morgan fingerprint density at radius 2 is 2.36 bits per heavy atom. The molecule has 1 fully saturated rings. The lowest BCUT2D eigenvalue weighted by atomic mass is 9.97. The largest absolute Gasteiger partial charge is 0.303 e. The van der Waals surface area contributed by atoms with Crippen LogP contribution < -0.4 is 0 Å². The van der Waals surface area contributed by atoms with Gasteiger partial charge in [0, 0.05) is 19.0 Å². The van der Waals surface area contributed by atoms with E-state index in [1.165, 1.54) is 32.4 Å². The first-order chi connectivity index (χ1) is 6.76. The molecule has 1 heterocycles. The molecule has 0 saturated carbocycles. The molecule has 2 unspecified atom stereocenters. The Balaban J connectivity index is 2.26. The zero-order valence-electron chi connectivity index (χ0n) is 9.54. The van der Waals surface area contributed by atoms with Crippen molar-refractivity contribution in [2.75, 3.05) is 19.6 Å². The Kier molecular flexibility index (Phi) is 5.16. The van der Waals surface area contributed by atoms with Crippen LogP contribution in [0, 0.1) is 11.8 Å². The van der Waals surface area contributed by atoms with Gasteiger partial charge in [-0.05, 0) is 31.7 Å². The summed E-state index contributed by atoms with van der Waals surface area (Å²) in [4.78, 5) is 13.2. The summed E-state index contributed by atoms with van der Waals surface area (Å²) < 4.78 is 0. The first kappa shape index (κ1) is 11.7. The Morgan fingerprint density at radius 3 is 3.00 bits per heavy atom. The smallest absolute Gasteiger partial charge is 0.124 e. The molecule has 0 aromatic carbocycles. The molecule has 0 N–H and O–H groups in total. The van der Waals surface area contributed by atoms with E-state index in [1.807, 2.05) is 0 Å². The number of hydrogen-bond acceptors (Lipinski definition) is 2. The van der Waals surface area contributed by atoms with Crippen molar-refractivity contribution in [2.24, 2.45) is 11.8 Å². The van der Waals surface area contributed by atoms with Gasteiger partial charge in [-0.3, -0.25) is 0 Å². The summed E-state index contributed by atoms with van der Waals surface area (Å²) in [6.45, 7) is 7.92. The quantitative estimate of drug-likeness (QED) is 0.630. The van der Waals surface area contributed by atoms with Crippen molar-refractivity contribution in [1.82, 2.24) is 4.90 Å². The van der Waals surface area contributed by atoms with Gasteiger partial charge < -0.3 is 9.69 Å². The monoisotopic (exact) mass is 197 g/mol. The highest BCUT2D eigenvalue weighted by Crippen LogP contribution is 2.17. The second-order valence-corrected chi connectivity index (χ2v) is 4.69. The minimum atomic E-state index is 0.303. The van der Waals surface area contributed by atoms with Crippen LogP contribution in [0.3, 0.4) is 0 Å². The number of aldehydes is 1. The third-order valence-corrected chi connectivity index (χ3v) is 3.09. The van der Waals surface area contributed by atoms with E-state index in [1.54, 1.807) is 0 Å². The van der Waals surface area contributed by atoms with E-state index in [9.17, 15) is 4.79 Å². The van der Waals surface area contributed by atoms with Crippen molar-refractivity contribution >= 4 is 6.29 Å². The van der Waals surface area contributed by atoms with E-state index in [4.69, 9.17) is 0 Å². The van der Waals surface area contributed by atoms with Gasteiger partial charge in [0.1, 0.15) is 6.29 Å². The van der Waals surface area contributed by atoms with E-state index >= 15 is 0 Å². The van der Waals surface area contributed by atoms with Gasteiger partial charge in [-0.1, -0.05) is 20.3 Å². The van der Waals surface area contributed by atoms with Gasteiger partial charge in [-0.25, -0.2) is 0 Å². The van der Waals surface area contributed by atoms with Crippen molar-refractivity contribution in [2.45, 2.75) is 39.5 Å². The van der Waals surface area contributed by atoms with Gasteiger partial charge in [-0.15, -0.1) is 0 Å². The van der Waals surface area contributed by atoms with Crippen molar-refractivity contribution < 1.29 is 4.79 Å². The van der Waals surface area contributed by atoms with Crippen LogP contribution in [0.25, 0.3) is 0 Å². The Labute approximate surface area is 87.7 Å². The van der Waals surface area contributed by atoms with Crippen molar-refractivity contribution in [3.05, 3.63) is 0 Å². The summed E-state index contributed by atoms with van der Waals surface area (Å²) in [6.07, 6.45) is 6.01.